The van der Waals surface area contributed by atoms with E-state index in [0.717, 1.165) is 25.0 Å². The molecule has 2 aromatic carbocycles. The quantitative estimate of drug-likeness (QED) is 0.274. The maximum atomic E-state index is 14.4. The predicted molar refractivity (Wildman–Crippen MR) is 132 cm³/mol. The first-order valence-corrected chi connectivity index (χ1v) is 12.5. The molecule has 4 nitrogen and oxygen atoms in total. The smallest absolute Gasteiger partial charge is 0.367 e. The summed E-state index contributed by atoms with van der Waals surface area (Å²) in [5.41, 5.74) is -0.432. The molecule has 7 rings (SSSR count). The van der Waals surface area contributed by atoms with Gasteiger partial charge in [-0.25, -0.2) is 18.7 Å². The number of nitrogens with one attached hydrogen (secondary N) is 2. The Labute approximate surface area is 210 Å². The summed E-state index contributed by atoms with van der Waals surface area (Å²) >= 11 is 0. The van der Waals surface area contributed by atoms with Crippen molar-refractivity contribution < 1.29 is 22.0 Å². The largest absolute Gasteiger partial charge is 0.417 e. The highest BCUT2D eigenvalue weighted by Gasteiger charge is 2.41. The maximum Gasteiger partial charge on any atom is 0.417 e. The Balaban J connectivity index is 1.51. The molecule has 9 heteroatoms. The lowest BCUT2D eigenvalue weighted by atomic mass is 9.62. The molecule has 0 radical (unpaired) electrons. The fourth-order valence-electron chi connectivity index (χ4n) is 6.25. The third kappa shape index (κ3) is 4.24. The number of alkyl halides is 3. The number of rotatable bonds is 4. The van der Waals surface area contributed by atoms with Crippen molar-refractivity contribution in [2.45, 2.75) is 44.8 Å². The highest BCUT2D eigenvalue weighted by Crippen LogP contribution is 2.46. The van der Waals surface area contributed by atoms with Gasteiger partial charge in [0, 0.05) is 40.9 Å². The zero-order chi connectivity index (χ0) is 25.9. The summed E-state index contributed by atoms with van der Waals surface area (Å²) < 4.78 is 70.1. The molecule has 2 N–H and O–H groups in total. The van der Waals surface area contributed by atoms with Gasteiger partial charge in [-0.1, -0.05) is 25.1 Å². The highest BCUT2D eigenvalue weighted by molar-refractivity contribution is 5.94. The van der Waals surface area contributed by atoms with Crippen molar-refractivity contribution in [3.05, 3.63) is 65.9 Å². The van der Waals surface area contributed by atoms with Gasteiger partial charge in [-0.05, 0) is 55.6 Å². The van der Waals surface area contributed by atoms with Gasteiger partial charge in [0.25, 0.3) is 0 Å². The number of aromatic amines is 1. The summed E-state index contributed by atoms with van der Waals surface area (Å²) in [5.74, 6) is 0.400. The predicted octanol–water partition coefficient (Wildman–Crippen LogP) is 7.83. The molecular formula is C28H25F5N4. The monoisotopic (exact) mass is 512 g/mol. The Morgan fingerprint density at radius 2 is 1.65 bits per heavy atom. The minimum absolute atomic E-state index is 0.0776. The Bertz CT molecular complexity index is 1470. The lowest BCUT2D eigenvalue weighted by Crippen LogP contribution is -2.47. The van der Waals surface area contributed by atoms with E-state index < -0.39 is 23.4 Å². The minimum atomic E-state index is -4.58. The van der Waals surface area contributed by atoms with Crippen LogP contribution < -0.4 is 5.32 Å². The number of anilines is 1. The van der Waals surface area contributed by atoms with Crippen molar-refractivity contribution in [1.82, 2.24) is 15.0 Å². The molecule has 0 spiro atoms. The molecule has 3 saturated carbocycles. The van der Waals surface area contributed by atoms with Crippen LogP contribution in [0.25, 0.3) is 33.5 Å². The average Bonchev–Trinajstić information content (AvgIpc) is 3.30. The normalized spacial score (nSPS) is 23.5. The summed E-state index contributed by atoms with van der Waals surface area (Å²) in [6, 6.07) is 8.86. The van der Waals surface area contributed by atoms with Crippen LogP contribution in [0.2, 0.25) is 0 Å². The van der Waals surface area contributed by atoms with Crippen LogP contribution in [0.3, 0.4) is 0 Å². The van der Waals surface area contributed by atoms with Crippen molar-refractivity contribution in [3.63, 3.8) is 0 Å². The molecule has 37 heavy (non-hydrogen) atoms. The van der Waals surface area contributed by atoms with Gasteiger partial charge in [-0.3, -0.25) is 0 Å². The molecule has 0 amide bonds. The third-order valence-electron chi connectivity index (χ3n) is 8.13. The van der Waals surface area contributed by atoms with Crippen molar-refractivity contribution in [1.29, 1.82) is 0 Å². The summed E-state index contributed by atoms with van der Waals surface area (Å²) in [5, 5.41) is 3.73. The van der Waals surface area contributed by atoms with Gasteiger partial charge in [0.2, 0.25) is 0 Å². The van der Waals surface area contributed by atoms with Gasteiger partial charge in [0.1, 0.15) is 17.5 Å². The van der Waals surface area contributed by atoms with E-state index in [1.807, 2.05) is 0 Å². The average molecular weight is 513 g/mol. The number of nitrogens with zero attached hydrogens (tertiary/aromatic N) is 2. The van der Waals surface area contributed by atoms with Gasteiger partial charge in [-0.15, -0.1) is 0 Å². The molecular weight excluding hydrogens is 487 g/mol. The number of benzene rings is 2. The third-order valence-corrected chi connectivity index (χ3v) is 8.13. The lowest BCUT2D eigenvalue weighted by Gasteiger charge is -2.47. The Morgan fingerprint density at radius 1 is 0.919 bits per heavy atom. The fourth-order valence-corrected chi connectivity index (χ4v) is 6.25. The maximum absolute atomic E-state index is 14.4. The number of hydrogen-bond donors (Lipinski definition) is 2. The van der Waals surface area contributed by atoms with Crippen LogP contribution in [0.15, 0.2) is 48.7 Å². The van der Waals surface area contributed by atoms with E-state index in [4.69, 9.17) is 0 Å². The SMILES string of the molecule is C[C@H]1C2CCC(CC2)[C@@H]1Nc1cc(-c2ccccc2C(F)(F)F)nc(-c2c[nH]c3c(F)cc(F)cc23)n1. The molecule has 0 unspecified atom stereocenters. The van der Waals surface area contributed by atoms with Crippen LogP contribution in [0.4, 0.5) is 27.8 Å². The van der Waals surface area contributed by atoms with Gasteiger partial charge < -0.3 is 10.3 Å². The topological polar surface area (TPSA) is 53.6 Å². The van der Waals surface area contributed by atoms with Crippen LogP contribution >= 0.6 is 0 Å². The Kier molecular flexibility index (Phi) is 5.69. The molecule has 2 bridgehead atoms. The van der Waals surface area contributed by atoms with Crippen molar-refractivity contribution in [2.75, 3.05) is 5.32 Å². The molecule has 3 aliphatic carbocycles. The first kappa shape index (κ1) is 23.9. The number of fused-ring (bicyclic) bond motifs is 4. The van der Waals surface area contributed by atoms with Gasteiger partial charge >= 0.3 is 6.18 Å². The van der Waals surface area contributed by atoms with Gasteiger partial charge in [-0.2, -0.15) is 13.2 Å². The van der Waals surface area contributed by atoms with E-state index in [2.05, 4.69) is 27.2 Å². The molecule has 2 aromatic heterocycles. The van der Waals surface area contributed by atoms with Crippen molar-refractivity contribution in [3.8, 4) is 22.6 Å². The van der Waals surface area contributed by atoms with Crippen LogP contribution in [0, 0.1) is 29.4 Å². The Hall–Kier alpha value is -3.49. The zero-order valence-corrected chi connectivity index (χ0v) is 20.0. The van der Waals surface area contributed by atoms with E-state index in [1.165, 1.54) is 43.3 Å². The van der Waals surface area contributed by atoms with Crippen LogP contribution in [0.1, 0.15) is 38.2 Å². The highest BCUT2D eigenvalue weighted by atomic mass is 19.4. The molecule has 2 heterocycles. The molecule has 0 saturated heterocycles. The molecule has 2 atom stereocenters. The van der Waals surface area contributed by atoms with Crippen LogP contribution in [-0.2, 0) is 6.18 Å². The zero-order valence-electron chi connectivity index (χ0n) is 20.0. The van der Waals surface area contributed by atoms with Crippen molar-refractivity contribution in [2.24, 2.45) is 17.8 Å². The number of H-pyrrole nitrogens is 1. The molecule has 3 aliphatic rings. The number of halogens is 5. The second kappa shape index (κ2) is 8.82. The molecule has 192 valence electrons. The summed E-state index contributed by atoms with van der Waals surface area (Å²) in [6.45, 7) is 2.21. The fraction of sp³-hybridized carbons (Fsp3) is 0.357. The van der Waals surface area contributed by atoms with Crippen LogP contribution in [-0.4, -0.2) is 21.0 Å². The minimum Gasteiger partial charge on any atom is -0.367 e. The van der Waals surface area contributed by atoms with Crippen LogP contribution in [0.5, 0.6) is 0 Å². The second-order valence-electron chi connectivity index (χ2n) is 10.2. The van der Waals surface area contributed by atoms with Crippen molar-refractivity contribution >= 4 is 16.7 Å². The number of aromatic nitrogens is 3. The molecule has 3 fully saturated rings. The standard InChI is InChI=1S/C28H25F5N4/c1-14-15-6-8-16(9-7-15)25(14)36-24-12-23(18-4-2-3-5-21(18)28(31,32)33)35-27(37-24)20-13-34-26-19(20)10-17(29)11-22(26)30/h2-5,10-16,25,34H,6-9H2,1H3,(H,35,36,37)/t14-,15?,16?,25+/m0/s1. The lowest BCUT2D eigenvalue weighted by molar-refractivity contribution is -0.137. The van der Waals surface area contributed by atoms with E-state index in [0.29, 0.717) is 29.1 Å². The summed E-state index contributed by atoms with van der Waals surface area (Å²) in [6.07, 6.45) is 1.46. The first-order chi connectivity index (χ1) is 17.7. The van der Waals surface area contributed by atoms with Gasteiger partial charge in [0.05, 0.1) is 16.8 Å². The van der Waals surface area contributed by atoms with Gasteiger partial charge in [0.15, 0.2) is 5.82 Å². The molecule has 4 aromatic rings. The summed E-state index contributed by atoms with van der Waals surface area (Å²) in [7, 11) is 0. The van der Waals surface area contributed by atoms with E-state index in [1.54, 1.807) is 6.07 Å². The number of hydrogen-bond acceptors (Lipinski definition) is 3. The van der Waals surface area contributed by atoms with E-state index in [-0.39, 0.29) is 34.0 Å². The summed E-state index contributed by atoms with van der Waals surface area (Å²) in [4.78, 5) is 11.9. The second-order valence-corrected chi connectivity index (χ2v) is 10.2. The first-order valence-electron chi connectivity index (χ1n) is 12.5. The van der Waals surface area contributed by atoms with E-state index >= 15 is 0 Å². The Morgan fingerprint density at radius 3 is 2.38 bits per heavy atom. The molecule has 0 aliphatic heterocycles. The van der Waals surface area contributed by atoms with E-state index in [9.17, 15) is 22.0 Å².